The number of carbonyl (C=O) groups is 3. The predicted octanol–water partition coefficient (Wildman–Crippen LogP) is -0.0264. The largest absolute Gasteiger partial charge is 0.480 e. The van der Waals surface area contributed by atoms with Gasteiger partial charge in [-0.2, -0.15) is 0 Å². The summed E-state index contributed by atoms with van der Waals surface area (Å²) in [4.78, 5) is 38.8. The van der Waals surface area contributed by atoms with E-state index < -0.39 is 17.9 Å². The van der Waals surface area contributed by atoms with Crippen LogP contribution in [0.1, 0.15) is 15.9 Å². The maximum Gasteiger partial charge on any atom is 0.335 e. The van der Waals surface area contributed by atoms with Gasteiger partial charge in [0.1, 0.15) is 0 Å². The normalized spacial score (nSPS) is 17.6. The first-order valence-corrected chi connectivity index (χ1v) is 8.76. The summed E-state index contributed by atoms with van der Waals surface area (Å²) in [6, 6.07) is 6.64. The Bertz CT molecular complexity index is 636. The van der Waals surface area contributed by atoms with E-state index in [-0.39, 0.29) is 18.7 Å². The van der Waals surface area contributed by atoms with Gasteiger partial charge in [-0.05, 0) is 17.7 Å². The predicted molar refractivity (Wildman–Crippen MR) is 96.8 cm³/mol. The third-order valence-corrected chi connectivity index (χ3v) is 4.52. The Morgan fingerprint density at radius 1 is 0.704 bits per heavy atom. The Labute approximate surface area is 157 Å². The monoisotopic (exact) mass is 379 g/mol. The van der Waals surface area contributed by atoms with Gasteiger partial charge in [-0.15, -0.1) is 0 Å². The molecule has 0 unspecified atom stereocenters. The molecule has 0 bridgehead atoms. The average Bonchev–Trinajstić information content (AvgIpc) is 2.68. The van der Waals surface area contributed by atoms with Crippen molar-refractivity contribution in [2.24, 2.45) is 0 Å². The fourth-order valence-corrected chi connectivity index (χ4v) is 3.05. The second-order valence-corrected chi connectivity index (χ2v) is 6.62. The molecule has 1 fully saturated rings. The van der Waals surface area contributed by atoms with Crippen molar-refractivity contribution in [2.75, 3.05) is 52.4 Å². The molecule has 1 aromatic rings. The topological polar surface area (TPSA) is 122 Å². The van der Waals surface area contributed by atoms with Gasteiger partial charge in [0.25, 0.3) is 0 Å². The van der Waals surface area contributed by atoms with E-state index in [0.29, 0.717) is 45.8 Å². The van der Waals surface area contributed by atoms with Gasteiger partial charge in [-0.25, -0.2) is 4.79 Å². The summed E-state index contributed by atoms with van der Waals surface area (Å²) in [6.07, 6.45) is 0. The van der Waals surface area contributed by atoms with E-state index in [1.165, 1.54) is 0 Å². The zero-order chi connectivity index (χ0) is 19.8. The molecule has 1 aliphatic heterocycles. The van der Waals surface area contributed by atoms with Gasteiger partial charge >= 0.3 is 17.9 Å². The molecule has 0 radical (unpaired) electrons. The molecular weight excluding hydrogens is 354 g/mol. The SMILES string of the molecule is O=C(O)CN1CCN(CC(=O)O)CCN(Cc2ccc(C(=O)O)cc2)CC1. The van der Waals surface area contributed by atoms with Crippen molar-refractivity contribution in [3.63, 3.8) is 0 Å². The Morgan fingerprint density at radius 3 is 1.48 bits per heavy atom. The second-order valence-electron chi connectivity index (χ2n) is 6.62. The molecule has 1 aromatic carbocycles. The molecule has 9 nitrogen and oxygen atoms in total. The smallest absolute Gasteiger partial charge is 0.335 e. The van der Waals surface area contributed by atoms with Gasteiger partial charge in [0.2, 0.25) is 0 Å². The summed E-state index contributed by atoms with van der Waals surface area (Å²) in [5, 5.41) is 27.1. The van der Waals surface area contributed by atoms with E-state index in [1.54, 1.807) is 24.3 Å². The van der Waals surface area contributed by atoms with Crippen molar-refractivity contribution < 1.29 is 29.7 Å². The lowest BCUT2D eigenvalue weighted by atomic mass is 10.1. The van der Waals surface area contributed by atoms with E-state index in [2.05, 4.69) is 4.90 Å². The van der Waals surface area contributed by atoms with Gasteiger partial charge in [-0.1, -0.05) is 12.1 Å². The van der Waals surface area contributed by atoms with Gasteiger partial charge in [0.15, 0.2) is 0 Å². The quantitative estimate of drug-likeness (QED) is 0.600. The highest BCUT2D eigenvalue weighted by Crippen LogP contribution is 2.09. The highest BCUT2D eigenvalue weighted by molar-refractivity contribution is 5.87. The lowest BCUT2D eigenvalue weighted by Gasteiger charge is -2.25. The van der Waals surface area contributed by atoms with Crippen LogP contribution in [0.2, 0.25) is 0 Å². The zero-order valence-corrected chi connectivity index (χ0v) is 15.1. The number of rotatable bonds is 7. The van der Waals surface area contributed by atoms with Crippen LogP contribution in [0.5, 0.6) is 0 Å². The summed E-state index contributed by atoms with van der Waals surface area (Å²) < 4.78 is 0. The van der Waals surface area contributed by atoms with Crippen LogP contribution in [-0.2, 0) is 16.1 Å². The van der Waals surface area contributed by atoms with E-state index in [4.69, 9.17) is 15.3 Å². The molecule has 27 heavy (non-hydrogen) atoms. The molecule has 3 N–H and O–H groups in total. The van der Waals surface area contributed by atoms with Crippen molar-refractivity contribution in [1.29, 1.82) is 0 Å². The minimum Gasteiger partial charge on any atom is -0.480 e. The highest BCUT2D eigenvalue weighted by atomic mass is 16.4. The molecule has 1 saturated heterocycles. The number of hydrogen-bond acceptors (Lipinski definition) is 6. The molecule has 1 aliphatic rings. The maximum atomic E-state index is 11.1. The summed E-state index contributed by atoms with van der Waals surface area (Å²) >= 11 is 0. The van der Waals surface area contributed by atoms with Crippen LogP contribution >= 0.6 is 0 Å². The number of aromatic carboxylic acids is 1. The first-order valence-electron chi connectivity index (χ1n) is 8.76. The van der Waals surface area contributed by atoms with Crippen LogP contribution in [0.15, 0.2) is 24.3 Å². The van der Waals surface area contributed by atoms with Crippen molar-refractivity contribution in [1.82, 2.24) is 14.7 Å². The van der Waals surface area contributed by atoms with Crippen LogP contribution in [0.3, 0.4) is 0 Å². The van der Waals surface area contributed by atoms with Crippen LogP contribution in [0.4, 0.5) is 0 Å². The van der Waals surface area contributed by atoms with Crippen LogP contribution in [-0.4, -0.2) is 100 Å². The van der Waals surface area contributed by atoms with Gasteiger partial charge in [-0.3, -0.25) is 24.3 Å². The minimum absolute atomic E-state index is 0.0813. The van der Waals surface area contributed by atoms with Crippen molar-refractivity contribution in [3.05, 3.63) is 35.4 Å². The zero-order valence-electron chi connectivity index (χ0n) is 15.1. The molecule has 0 aliphatic carbocycles. The van der Waals surface area contributed by atoms with Gasteiger partial charge in [0.05, 0.1) is 18.7 Å². The van der Waals surface area contributed by atoms with Gasteiger partial charge in [0, 0.05) is 45.8 Å². The molecule has 148 valence electrons. The molecule has 1 heterocycles. The second kappa shape index (κ2) is 10.0. The molecule has 9 heteroatoms. The highest BCUT2D eigenvalue weighted by Gasteiger charge is 2.19. The number of benzene rings is 1. The Kier molecular flexibility index (Phi) is 7.71. The third kappa shape index (κ3) is 7.33. The van der Waals surface area contributed by atoms with Gasteiger partial charge < -0.3 is 15.3 Å². The van der Waals surface area contributed by atoms with E-state index in [1.807, 2.05) is 9.80 Å². The maximum absolute atomic E-state index is 11.1. The standard InChI is InChI=1S/C18H25N3O6/c22-16(23)12-20-7-5-19(6-8-21(10-9-20)13-17(24)25)11-14-1-3-15(4-2-14)18(26)27/h1-4H,5-13H2,(H,22,23)(H,24,25)(H,26,27). The van der Waals surface area contributed by atoms with Crippen LogP contribution < -0.4 is 0 Å². The Hall–Kier alpha value is -2.49. The fourth-order valence-electron chi connectivity index (χ4n) is 3.05. The molecule has 0 atom stereocenters. The van der Waals surface area contributed by atoms with Crippen LogP contribution in [0, 0.1) is 0 Å². The molecule has 0 amide bonds. The Balaban J connectivity index is 2.05. The number of aliphatic carboxylic acids is 2. The summed E-state index contributed by atoms with van der Waals surface area (Å²) in [5.41, 5.74) is 1.18. The number of carboxylic acids is 3. The average molecular weight is 379 g/mol. The number of nitrogens with zero attached hydrogens (tertiary/aromatic N) is 3. The Morgan fingerprint density at radius 2 is 1.11 bits per heavy atom. The minimum atomic E-state index is -0.974. The van der Waals surface area contributed by atoms with Crippen molar-refractivity contribution in [2.45, 2.75) is 6.54 Å². The first kappa shape index (κ1) is 20.8. The summed E-state index contributed by atoms with van der Waals surface area (Å²) in [7, 11) is 0. The molecule has 0 saturated carbocycles. The first-order chi connectivity index (χ1) is 12.8. The van der Waals surface area contributed by atoms with E-state index >= 15 is 0 Å². The number of carboxylic acid groups (broad SMARTS) is 3. The van der Waals surface area contributed by atoms with E-state index in [9.17, 15) is 14.4 Å². The lowest BCUT2D eigenvalue weighted by Crippen LogP contribution is -2.40. The van der Waals surface area contributed by atoms with Crippen molar-refractivity contribution >= 4 is 17.9 Å². The fraction of sp³-hybridized carbons (Fsp3) is 0.500. The van der Waals surface area contributed by atoms with E-state index in [0.717, 1.165) is 5.56 Å². The molecule has 2 rings (SSSR count). The van der Waals surface area contributed by atoms with Crippen molar-refractivity contribution in [3.8, 4) is 0 Å². The molecule has 0 spiro atoms. The summed E-state index contributed by atoms with van der Waals surface area (Å²) in [6.45, 7) is 3.86. The lowest BCUT2D eigenvalue weighted by molar-refractivity contribution is -0.140. The van der Waals surface area contributed by atoms with Crippen LogP contribution in [0.25, 0.3) is 0 Å². The number of hydrogen-bond donors (Lipinski definition) is 3. The molecular formula is C18H25N3O6. The molecule has 0 aromatic heterocycles. The third-order valence-electron chi connectivity index (χ3n) is 4.52. The summed E-state index contributed by atoms with van der Waals surface area (Å²) in [5.74, 6) is -2.79.